The minimum atomic E-state index is -3.60. The summed E-state index contributed by atoms with van der Waals surface area (Å²) in [5.41, 5.74) is 3.48. The van der Waals surface area contributed by atoms with E-state index in [1.807, 2.05) is 116 Å². The molecule has 1 N–H and O–H groups in total. The minimum absolute atomic E-state index is 0.134. The Kier molecular flexibility index (Phi) is 7.74. The van der Waals surface area contributed by atoms with Crippen LogP contribution in [0.25, 0.3) is 10.8 Å². The summed E-state index contributed by atoms with van der Waals surface area (Å²) in [5, 5.41) is 12.2. The van der Waals surface area contributed by atoms with Crippen LogP contribution in [0.1, 0.15) is 40.4 Å². The lowest BCUT2D eigenvalue weighted by Gasteiger charge is -2.37. The topological polar surface area (TPSA) is 90.4 Å². The molecule has 4 aliphatic rings. The highest BCUT2D eigenvalue weighted by molar-refractivity contribution is 6.72. The van der Waals surface area contributed by atoms with Crippen LogP contribution in [0, 0.1) is 5.92 Å². The second-order valence-electron chi connectivity index (χ2n) is 15.3. The van der Waals surface area contributed by atoms with Gasteiger partial charge in [-0.1, -0.05) is 73.7 Å². The number of aliphatic hydroxyl groups is 1. The van der Waals surface area contributed by atoms with Crippen molar-refractivity contribution in [3.63, 3.8) is 0 Å². The van der Waals surface area contributed by atoms with E-state index in [-0.39, 0.29) is 30.7 Å². The third-order valence-electron chi connectivity index (χ3n) is 11.9. The van der Waals surface area contributed by atoms with Gasteiger partial charge < -0.3 is 18.9 Å². The number of benzene rings is 5. The standard InChI is InChI=1S/C43H40FN3O5Si/c1-26-40(53(2,3)44)37(23-38(49)45-24-29-12-8-7-11-28(29)21-32(45)25-48)52-43(26)34-22-31(19-20-35(34)47(42(43)51)30-15-5-4-6-16-30)46-36-18-10-14-27-13-9-17-33(39(27)36)41(46)50/h4-20,22,26,32,37,40,48H,21,23-25H2,1-3H3/t26-,32+,37+,40-,43+/m1/s1. The van der Waals surface area contributed by atoms with Gasteiger partial charge in [-0.3, -0.25) is 24.2 Å². The molecule has 0 aromatic heterocycles. The number of fused-ring (bicyclic) bond motifs is 3. The Morgan fingerprint density at radius 1 is 0.868 bits per heavy atom. The maximum atomic E-state index is 16.8. The molecular formula is C43H40FN3O5Si. The zero-order chi connectivity index (χ0) is 36.8. The summed E-state index contributed by atoms with van der Waals surface area (Å²) in [6.07, 6.45) is -0.515. The molecule has 4 aliphatic heterocycles. The van der Waals surface area contributed by atoms with E-state index in [9.17, 15) is 14.7 Å². The van der Waals surface area contributed by atoms with Gasteiger partial charge in [-0.25, -0.2) is 0 Å². The number of nitrogens with zero attached hydrogens (tertiary/aromatic N) is 3. The molecule has 0 saturated carbocycles. The molecule has 0 radical (unpaired) electrons. The van der Waals surface area contributed by atoms with Gasteiger partial charge in [0.05, 0.1) is 42.1 Å². The second-order valence-corrected chi connectivity index (χ2v) is 19.1. The van der Waals surface area contributed by atoms with E-state index in [0.29, 0.717) is 41.2 Å². The van der Waals surface area contributed by atoms with Crippen molar-refractivity contribution in [2.45, 2.75) is 62.7 Å². The SMILES string of the molecule is C[C@@H]1[C@@H]([Si](C)(C)F)[C@H](CC(=O)N2Cc3ccccc3C[C@H]2CO)O[C@@]12C(=O)N(c1ccccc1)c1ccc(N3C(=O)c4cccc5cccc3c45)cc12. The van der Waals surface area contributed by atoms with Crippen molar-refractivity contribution in [3.05, 3.63) is 131 Å². The molecule has 5 aromatic rings. The fourth-order valence-electron chi connectivity index (χ4n) is 9.64. The maximum absolute atomic E-state index is 16.8. The fourth-order valence-corrected chi connectivity index (χ4v) is 12.1. The second kappa shape index (κ2) is 12.2. The van der Waals surface area contributed by atoms with Crippen molar-refractivity contribution in [3.8, 4) is 0 Å². The van der Waals surface area contributed by atoms with Crippen LogP contribution in [0.15, 0.2) is 109 Å². The predicted octanol–water partition coefficient (Wildman–Crippen LogP) is 7.92. The van der Waals surface area contributed by atoms with E-state index in [4.69, 9.17) is 4.74 Å². The average Bonchev–Trinajstić information content (AvgIpc) is 3.72. The van der Waals surface area contributed by atoms with Crippen LogP contribution in [0.3, 0.4) is 0 Å². The monoisotopic (exact) mass is 725 g/mol. The third-order valence-corrected chi connectivity index (χ3v) is 14.4. The Bertz CT molecular complexity index is 2320. The first-order valence-corrected chi connectivity index (χ1v) is 21.2. The van der Waals surface area contributed by atoms with Crippen molar-refractivity contribution < 1.29 is 28.3 Å². The number of para-hydroxylation sites is 1. The van der Waals surface area contributed by atoms with Crippen LogP contribution < -0.4 is 9.80 Å². The summed E-state index contributed by atoms with van der Waals surface area (Å²) >= 11 is 0. The molecule has 9 rings (SSSR count). The Balaban J connectivity index is 1.15. The molecule has 0 bridgehead atoms. The molecule has 5 aromatic carbocycles. The van der Waals surface area contributed by atoms with Gasteiger partial charge in [0.2, 0.25) is 14.3 Å². The van der Waals surface area contributed by atoms with Gasteiger partial charge in [-0.05, 0) is 78.5 Å². The Morgan fingerprint density at radius 3 is 2.32 bits per heavy atom. The number of hydrogen-bond acceptors (Lipinski definition) is 5. The number of aliphatic hydroxyl groups excluding tert-OH is 1. The first kappa shape index (κ1) is 33.7. The smallest absolute Gasteiger partial charge is 0.268 e. The molecule has 268 valence electrons. The molecule has 53 heavy (non-hydrogen) atoms. The van der Waals surface area contributed by atoms with Gasteiger partial charge >= 0.3 is 0 Å². The molecule has 1 saturated heterocycles. The van der Waals surface area contributed by atoms with Crippen molar-refractivity contribution in [1.82, 2.24) is 4.90 Å². The molecule has 1 fully saturated rings. The Hall–Kier alpha value is -5.16. The van der Waals surface area contributed by atoms with E-state index < -0.39 is 37.6 Å². The highest BCUT2D eigenvalue weighted by Crippen LogP contribution is 2.62. The number of carbonyl (C=O) groups is 3. The van der Waals surface area contributed by atoms with E-state index >= 15 is 8.90 Å². The quantitative estimate of drug-likeness (QED) is 0.142. The first-order valence-electron chi connectivity index (χ1n) is 18.3. The summed E-state index contributed by atoms with van der Waals surface area (Å²) < 4.78 is 23.8. The van der Waals surface area contributed by atoms with Crippen LogP contribution >= 0.6 is 0 Å². The lowest BCUT2D eigenvalue weighted by molar-refractivity contribution is -0.150. The maximum Gasteiger partial charge on any atom is 0.268 e. The van der Waals surface area contributed by atoms with Crippen molar-refractivity contribution in [2.75, 3.05) is 16.4 Å². The Labute approximate surface area is 308 Å². The number of carbonyl (C=O) groups excluding carboxylic acids is 3. The van der Waals surface area contributed by atoms with Crippen LogP contribution in [0.2, 0.25) is 18.6 Å². The van der Waals surface area contributed by atoms with Crippen LogP contribution in [0.5, 0.6) is 0 Å². The number of hydrogen-bond donors (Lipinski definition) is 1. The van der Waals surface area contributed by atoms with Crippen molar-refractivity contribution in [2.24, 2.45) is 5.92 Å². The molecule has 0 unspecified atom stereocenters. The molecular weight excluding hydrogens is 686 g/mol. The lowest BCUT2D eigenvalue weighted by Crippen LogP contribution is -2.48. The van der Waals surface area contributed by atoms with Crippen molar-refractivity contribution >= 4 is 59.7 Å². The lowest BCUT2D eigenvalue weighted by atomic mass is 9.82. The van der Waals surface area contributed by atoms with E-state index in [2.05, 4.69) is 0 Å². The molecule has 0 aliphatic carbocycles. The highest BCUT2D eigenvalue weighted by Gasteiger charge is 2.67. The molecule has 10 heteroatoms. The van der Waals surface area contributed by atoms with Gasteiger partial charge in [0.25, 0.3) is 11.8 Å². The van der Waals surface area contributed by atoms with Crippen molar-refractivity contribution in [1.29, 1.82) is 0 Å². The van der Waals surface area contributed by atoms with Gasteiger partial charge in [0.1, 0.15) is 0 Å². The molecule has 5 atom stereocenters. The summed E-state index contributed by atoms with van der Waals surface area (Å²) in [7, 11) is -3.60. The number of ether oxygens (including phenoxy) is 1. The summed E-state index contributed by atoms with van der Waals surface area (Å²) in [5.74, 6) is -1.41. The van der Waals surface area contributed by atoms with Gasteiger partial charge in [-0.2, -0.15) is 0 Å². The minimum Gasteiger partial charge on any atom is -0.394 e. The van der Waals surface area contributed by atoms with Gasteiger partial charge in [0, 0.05) is 40.3 Å². The van der Waals surface area contributed by atoms with Gasteiger partial charge in [-0.15, -0.1) is 0 Å². The van der Waals surface area contributed by atoms with E-state index in [0.717, 1.165) is 27.6 Å². The fraction of sp³-hybridized carbons (Fsp3) is 0.279. The van der Waals surface area contributed by atoms with E-state index in [1.54, 1.807) is 27.8 Å². The first-order chi connectivity index (χ1) is 25.5. The zero-order valence-electron chi connectivity index (χ0n) is 29.8. The molecule has 3 amide bonds. The normalized spacial score (nSPS) is 24.7. The molecule has 1 spiro atoms. The largest absolute Gasteiger partial charge is 0.394 e. The van der Waals surface area contributed by atoms with Crippen LogP contribution in [-0.2, 0) is 32.9 Å². The Morgan fingerprint density at radius 2 is 1.58 bits per heavy atom. The van der Waals surface area contributed by atoms with Crippen LogP contribution in [0.4, 0.5) is 26.9 Å². The molecule has 4 heterocycles. The van der Waals surface area contributed by atoms with Crippen LogP contribution in [-0.4, -0.2) is 54.9 Å². The number of amides is 3. The summed E-state index contributed by atoms with van der Waals surface area (Å²) in [6, 6.07) is 33.8. The summed E-state index contributed by atoms with van der Waals surface area (Å²) in [6.45, 7) is 5.24. The number of anilines is 4. The number of halogens is 1. The summed E-state index contributed by atoms with van der Waals surface area (Å²) in [4.78, 5) is 48.5. The average molecular weight is 726 g/mol. The van der Waals surface area contributed by atoms with Gasteiger partial charge in [0.15, 0.2) is 5.60 Å². The molecule has 8 nitrogen and oxygen atoms in total. The highest BCUT2D eigenvalue weighted by atomic mass is 28.4. The zero-order valence-corrected chi connectivity index (χ0v) is 30.8. The number of rotatable bonds is 6. The third kappa shape index (κ3) is 4.96. The van der Waals surface area contributed by atoms with E-state index in [1.165, 1.54) is 0 Å². The predicted molar refractivity (Wildman–Crippen MR) is 205 cm³/mol.